The number of halogens is 1. The number of fused-ring (bicyclic) bond motifs is 1. The van der Waals surface area contributed by atoms with Gasteiger partial charge in [-0.2, -0.15) is 0 Å². The van der Waals surface area contributed by atoms with Crippen molar-refractivity contribution in [3.05, 3.63) is 78.4 Å². The predicted octanol–water partition coefficient (Wildman–Crippen LogP) is 4.50. The summed E-state index contributed by atoms with van der Waals surface area (Å²) in [5.41, 5.74) is 2.76. The highest BCUT2D eigenvalue weighted by Gasteiger charge is 2.25. The normalized spacial score (nSPS) is 13.0. The van der Waals surface area contributed by atoms with E-state index in [2.05, 4.69) is 15.6 Å². The topological polar surface area (TPSA) is 74.3 Å². The van der Waals surface area contributed by atoms with E-state index in [1.807, 2.05) is 18.2 Å². The zero-order chi connectivity index (χ0) is 20.2. The van der Waals surface area contributed by atoms with E-state index in [0.29, 0.717) is 23.7 Å². The van der Waals surface area contributed by atoms with E-state index in [1.54, 1.807) is 29.4 Å². The van der Waals surface area contributed by atoms with Crippen LogP contribution in [-0.2, 0) is 11.3 Å². The molecule has 1 aromatic heterocycles. The highest BCUT2D eigenvalue weighted by Crippen LogP contribution is 2.38. The van der Waals surface area contributed by atoms with E-state index in [0.717, 1.165) is 16.1 Å². The van der Waals surface area contributed by atoms with Crippen molar-refractivity contribution in [3.63, 3.8) is 0 Å². The van der Waals surface area contributed by atoms with Crippen molar-refractivity contribution in [3.8, 4) is 0 Å². The van der Waals surface area contributed by atoms with Gasteiger partial charge in [-0.05, 0) is 60.2 Å². The molecule has 0 atom stereocenters. The van der Waals surface area contributed by atoms with Gasteiger partial charge in [0.15, 0.2) is 0 Å². The summed E-state index contributed by atoms with van der Waals surface area (Å²) >= 11 is 1.48. The largest absolute Gasteiger partial charge is 0.323 e. The molecule has 29 heavy (non-hydrogen) atoms. The maximum Gasteiger partial charge on any atom is 0.323 e. The lowest BCUT2D eigenvalue weighted by Crippen LogP contribution is -2.34. The summed E-state index contributed by atoms with van der Waals surface area (Å²) in [5.74, 6) is 0.00458. The van der Waals surface area contributed by atoms with Crippen LogP contribution < -0.4 is 15.5 Å². The number of carbonyl (C=O) groups excluding carboxylic acids is 2. The third-order valence-electron chi connectivity index (χ3n) is 4.35. The molecular weight excluding hydrogens is 391 g/mol. The molecule has 0 unspecified atom stereocenters. The molecule has 1 aliphatic rings. The second-order valence-corrected chi connectivity index (χ2v) is 7.41. The molecule has 0 saturated carbocycles. The fourth-order valence-electron chi connectivity index (χ4n) is 2.95. The summed E-state index contributed by atoms with van der Waals surface area (Å²) in [7, 11) is 0. The van der Waals surface area contributed by atoms with Crippen LogP contribution in [-0.4, -0.2) is 22.7 Å². The van der Waals surface area contributed by atoms with Crippen LogP contribution in [0, 0.1) is 5.82 Å². The second kappa shape index (κ2) is 8.32. The van der Waals surface area contributed by atoms with Crippen molar-refractivity contribution >= 4 is 40.8 Å². The Morgan fingerprint density at radius 2 is 1.72 bits per heavy atom. The van der Waals surface area contributed by atoms with E-state index in [1.165, 1.54) is 36.0 Å². The molecule has 3 amide bonds. The maximum atomic E-state index is 13.0. The first-order chi connectivity index (χ1) is 14.1. The third kappa shape index (κ3) is 4.55. The summed E-state index contributed by atoms with van der Waals surface area (Å²) in [6.07, 6.45) is 3.38. The number of thioether (sulfide) groups is 1. The molecule has 0 fully saturated rings. The Kier molecular flexibility index (Phi) is 5.44. The average Bonchev–Trinajstić information content (AvgIpc) is 2.73. The van der Waals surface area contributed by atoms with Crippen molar-refractivity contribution in [1.29, 1.82) is 0 Å². The molecule has 4 rings (SSSR count). The number of urea groups is 1. The van der Waals surface area contributed by atoms with E-state index in [9.17, 15) is 14.0 Å². The van der Waals surface area contributed by atoms with Crippen molar-refractivity contribution in [2.45, 2.75) is 11.4 Å². The van der Waals surface area contributed by atoms with Crippen molar-refractivity contribution < 1.29 is 14.0 Å². The summed E-state index contributed by atoms with van der Waals surface area (Å²) in [4.78, 5) is 31.5. The highest BCUT2D eigenvalue weighted by molar-refractivity contribution is 8.00. The quantitative estimate of drug-likeness (QED) is 0.666. The Hall–Kier alpha value is -3.39. The van der Waals surface area contributed by atoms with E-state index >= 15 is 0 Å². The molecule has 0 aliphatic carbocycles. The highest BCUT2D eigenvalue weighted by atomic mass is 32.2. The monoisotopic (exact) mass is 408 g/mol. The van der Waals surface area contributed by atoms with E-state index in [4.69, 9.17) is 0 Å². The van der Waals surface area contributed by atoms with Crippen molar-refractivity contribution in [1.82, 2.24) is 4.98 Å². The van der Waals surface area contributed by atoms with Crippen LogP contribution in [0.4, 0.5) is 26.2 Å². The lowest BCUT2D eigenvalue weighted by Gasteiger charge is -2.29. The smallest absolute Gasteiger partial charge is 0.308 e. The number of amides is 3. The van der Waals surface area contributed by atoms with Crippen LogP contribution in [0.2, 0.25) is 0 Å². The molecule has 0 radical (unpaired) electrons. The van der Waals surface area contributed by atoms with Crippen LogP contribution in [0.15, 0.2) is 71.9 Å². The average molecular weight is 408 g/mol. The SMILES string of the molecule is O=C(Nc1ccc(F)cc1)Nc1ccc2c(c1)N(Cc1ccncc1)C(=O)CS2. The van der Waals surface area contributed by atoms with Gasteiger partial charge < -0.3 is 15.5 Å². The fourth-order valence-corrected chi connectivity index (χ4v) is 3.87. The summed E-state index contributed by atoms with van der Waals surface area (Å²) < 4.78 is 13.0. The minimum absolute atomic E-state index is 0.00669. The van der Waals surface area contributed by atoms with Crippen LogP contribution in [0.1, 0.15) is 5.56 Å². The van der Waals surface area contributed by atoms with Crippen molar-refractivity contribution in [2.24, 2.45) is 0 Å². The zero-order valence-electron chi connectivity index (χ0n) is 15.3. The number of nitrogens with zero attached hydrogens (tertiary/aromatic N) is 2. The van der Waals surface area contributed by atoms with E-state index < -0.39 is 6.03 Å². The molecule has 3 aromatic rings. The Morgan fingerprint density at radius 1 is 1.03 bits per heavy atom. The van der Waals surface area contributed by atoms with Gasteiger partial charge in [0.1, 0.15) is 5.82 Å². The lowest BCUT2D eigenvalue weighted by molar-refractivity contribution is -0.116. The van der Waals surface area contributed by atoms with Gasteiger partial charge in [0.05, 0.1) is 18.0 Å². The number of pyridine rings is 1. The summed E-state index contributed by atoms with van der Waals surface area (Å²) in [5, 5.41) is 5.40. The minimum Gasteiger partial charge on any atom is -0.308 e. The van der Waals surface area contributed by atoms with Crippen LogP contribution in [0.25, 0.3) is 0 Å². The van der Waals surface area contributed by atoms with Crippen molar-refractivity contribution in [2.75, 3.05) is 21.3 Å². The number of hydrogen-bond donors (Lipinski definition) is 2. The number of nitrogens with one attached hydrogen (secondary N) is 2. The molecule has 0 bridgehead atoms. The standard InChI is InChI=1S/C21H17FN4O2S/c22-15-1-3-16(4-2-15)24-21(28)25-17-5-6-19-18(11-17)26(20(27)13-29-19)12-14-7-9-23-10-8-14/h1-11H,12-13H2,(H2,24,25,28). The second-order valence-electron chi connectivity index (χ2n) is 6.39. The van der Waals surface area contributed by atoms with Gasteiger partial charge >= 0.3 is 6.03 Å². The predicted molar refractivity (Wildman–Crippen MR) is 112 cm³/mol. The molecule has 0 spiro atoms. The number of aromatic nitrogens is 1. The number of rotatable bonds is 4. The maximum absolute atomic E-state index is 13.0. The van der Waals surface area contributed by atoms with Gasteiger partial charge in [-0.3, -0.25) is 9.78 Å². The number of anilines is 3. The molecule has 6 nitrogen and oxygen atoms in total. The number of benzene rings is 2. The minimum atomic E-state index is -0.452. The first-order valence-corrected chi connectivity index (χ1v) is 9.87. The first-order valence-electron chi connectivity index (χ1n) is 8.88. The van der Waals surface area contributed by atoms with Gasteiger partial charge in [0.2, 0.25) is 5.91 Å². The molecule has 2 aromatic carbocycles. The summed E-state index contributed by atoms with van der Waals surface area (Å²) in [6, 6.07) is 14.2. The number of hydrogen-bond acceptors (Lipinski definition) is 4. The molecule has 2 heterocycles. The third-order valence-corrected chi connectivity index (χ3v) is 5.40. The Labute approximate surface area is 171 Å². The molecule has 146 valence electrons. The fraction of sp³-hybridized carbons (Fsp3) is 0.0952. The lowest BCUT2D eigenvalue weighted by atomic mass is 10.2. The van der Waals surface area contributed by atoms with Crippen LogP contribution >= 0.6 is 11.8 Å². The summed E-state index contributed by atoms with van der Waals surface area (Å²) in [6.45, 7) is 0.431. The van der Waals surface area contributed by atoms with Gasteiger partial charge in [-0.1, -0.05) is 0 Å². The van der Waals surface area contributed by atoms with Gasteiger partial charge in [-0.15, -0.1) is 11.8 Å². The van der Waals surface area contributed by atoms with E-state index in [-0.39, 0.29) is 11.7 Å². The van der Waals surface area contributed by atoms with Gasteiger partial charge in [0.25, 0.3) is 0 Å². The Bertz CT molecular complexity index is 1040. The van der Waals surface area contributed by atoms with Gasteiger partial charge in [0, 0.05) is 28.7 Å². The Morgan fingerprint density at radius 3 is 2.48 bits per heavy atom. The molecule has 8 heteroatoms. The van der Waals surface area contributed by atoms with Gasteiger partial charge in [-0.25, -0.2) is 9.18 Å². The molecule has 0 saturated heterocycles. The number of carbonyl (C=O) groups is 2. The molecule has 1 aliphatic heterocycles. The Balaban J connectivity index is 1.52. The van der Waals surface area contributed by atoms with Crippen LogP contribution in [0.3, 0.4) is 0 Å². The zero-order valence-corrected chi connectivity index (χ0v) is 16.1. The molecule has 2 N–H and O–H groups in total. The first kappa shape index (κ1) is 18.9. The molecular formula is C21H17FN4O2S. The van der Waals surface area contributed by atoms with Crippen LogP contribution in [0.5, 0.6) is 0 Å².